The molecule has 1 amide bonds. The number of likely N-dealkylation sites (tertiary alicyclic amines) is 1. The Balaban J connectivity index is 1.71. The van der Waals surface area contributed by atoms with E-state index in [1.807, 2.05) is 4.90 Å². The third kappa shape index (κ3) is 5.38. The zero-order valence-corrected chi connectivity index (χ0v) is 13.3. The number of amides is 1. The summed E-state index contributed by atoms with van der Waals surface area (Å²) >= 11 is 11.4. The molecule has 6 heteroatoms. The minimum absolute atomic E-state index is 0.000688. The number of halogens is 2. The number of carbonyl (C=O) groups is 1. The van der Waals surface area contributed by atoms with Crippen LogP contribution in [0.5, 0.6) is 5.75 Å². The summed E-state index contributed by atoms with van der Waals surface area (Å²) in [5.74, 6) is 1.16. The number of hydrogen-bond acceptors (Lipinski definition) is 3. The van der Waals surface area contributed by atoms with Crippen LogP contribution in [0, 0.1) is 0 Å². The lowest BCUT2D eigenvalue weighted by molar-refractivity contribution is -0.135. The Morgan fingerprint density at radius 1 is 1.24 bits per heavy atom. The number of rotatable bonds is 6. The predicted octanol–water partition coefficient (Wildman–Crippen LogP) is 2.97. The van der Waals surface area contributed by atoms with Crippen LogP contribution in [0.25, 0.3) is 0 Å². The molecule has 0 aliphatic carbocycles. The Morgan fingerprint density at radius 2 is 1.90 bits per heavy atom. The van der Waals surface area contributed by atoms with Gasteiger partial charge >= 0.3 is 0 Å². The Morgan fingerprint density at radius 3 is 2.52 bits per heavy atom. The third-order valence-electron chi connectivity index (χ3n) is 3.40. The number of ether oxygens (including phenoxy) is 2. The number of carbonyl (C=O) groups excluding carboxylic acids is 1. The fourth-order valence-corrected chi connectivity index (χ4v) is 2.47. The van der Waals surface area contributed by atoms with Crippen molar-refractivity contribution in [3.8, 4) is 5.75 Å². The van der Waals surface area contributed by atoms with Gasteiger partial charge in [0, 0.05) is 24.0 Å². The van der Waals surface area contributed by atoms with E-state index in [2.05, 4.69) is 0 Å². The molecule has 0 atom stereocenters. The van der Waals surface area contributed by atoms with Gasteiger partial charge in [0.1, 0.15) is 5.75 Å². The molecule has 1 fully saturated rings. The van der Waals surface area contributed by atoms with E-state index in [4.69, 9.17) is 32.7 Å². The average molecular weight is 332 g/mol. The van der Waals surface area contributed by atoms with Crippen LogP contribution in [0.15, 0.2) is 24.3 Å². The van der Waals surface area contributed by atoms with Crippen LogP contribution in [0.3, 0.4) is 0 Å². The summed E-state index contributed by atoms with van der Waals surface area (Å²) in [7, 11) is 0. The van der Waals surface area contributed by atoms with Crippen molar-refractivity contribution in [2.75, 3.05) is 32.2 Å². The van der Waals surface area contributed by atoms with Gasteiger partial charge in [-0.05, 0) is 37.1 Å². The van der Waals surface area contributed by atoms with Gasteiger partial charge in [-0.1, -0.05) is 11.6 Å². The van der Waals surface area contributed by atoms with Gasteiger partial charge in [-0.3, -0.25) is 4.79 Å². The summed E-state index contributed by atoms with van der Waals surface area (Å²) in [6, 6.07) is 6.98. The topological polar surface area (TPSA) is 38.8 Å². The zero-order valence-electron chi connectivity index (χ0n) is 11.8. The summed E-state index contributed by atoms with van der Waals surface area (Å²) < 4.78 is 11.1. The van der Waals surface area contributed by atoms with Crippen molar-refractivity contribution in [3.63, 3.8) is 0 Å². The minimum atomic E-state index is 0.000688. The highest BCUT2D eigenvalue weighted by Gasteiger charge is 2.23. The predicted molar refractivity (Wildman–Crippen MR) is 83.2 cm³/mol. The number of hydrogen-bond donors (Lipinski definition) is 0. The first-order valence-electron chi connectivity index (χ1n) is 7.03. The Labute approximate surface area is 134 Å². The van der Waals surface area contributed by atoms with Crippen molar-refractivity contribution >= 4 is 29.1 Å². The highest BCUT2D eigenvalue weighted by Crippen LogP contribution is 2.17. The quantitative estimate of drug-likeness (QED) is 0.752. The molecule has 21 heavy (non-hydrogen) atoms. The molecule has 0 unspecified atom stereocenters. The zero-order chi connectivity index (χ0) is 15.1. The molecule has 0 N–H and O–H groups in total. The first kappa shape index (κ1) is 16.4. The normalized spacial score (nSPS) is 16.0. The van der Waals surface area contributed by atoms with E-state index < -0.39 is 0 Å². The van der Waals surface area contributed by atoms with E-state index >= 15 is 0 Å². The minimum Gasteiger partial charge on any atom is -0.484 e. The highest BCUT2D eigenvalue weighted by molar-refractivity contribution is 6.30. The lowest BCUT2D eigenvalue weighted by Gasteiger charge is -2.31. The van der Waals surface area contributed by atoms with Gasteiger partial charge in [0.2, 0.25) is 0 Å². The lowest BCUT2D eigenvalue weighted by atomic mass is 10.1. The largest absolute Gasteiger partial charge is 0.484 e. The van der Waals surface area contributed by atoms with Crippen LogP contribution in [0.4, 0.5) is 0 Å². The molecule has 116 valence electrons. The molecular weight excluding hydrogens is 313 g/mol. The molecule has 1 saturated heterocycles. The molecule has 1 aliphatic rings. The molecule has 0 radical (unpaired) electrons. The van der Waals surface area contributed by atoms with Gasteiger partial charge in [-0.2, -0.15) is 0 Å². The van der Waals surface area contributed by atoms with E-state index in [0.717, 1.165) is 12.8 Å². The monoisotopic (exact) mass is 331 g/mol. The van der Waals surface area contributed by atoms with Crippen molar-refractivity contribution in [1.29, 1.82) is 0 Å². The van der Waals surface area contributed by atoms with Crippen molar-refractivity contribution in [2.24, 2.45) is 0 Å². The maximum atomic E-state index is 12.1. The van der Waals surface area contributed by atoms with Crippen molar-refractivity contribution in [1.82, 2.24) is 4.90 Å². The smallest absolute Gasteiger partial charge is 0.260 e. The van der Waals surface area contributed by atoms with E-state index in [1.54, 1.807) is 24.3 Å². The Kier molecular flexibility index (Phi) is 6.61. The van der Waals surface area contributed by atoms with Crippen LogP contribution in [0.1, 0.15) is 12.8 Å². The third-order valence-corrected chi connectivity index (χ3v) is 3.81. The van der Waals surface area contributed by atoms with Gasteiger partial charge in [-0.25, -0.2) is 0 Å². The summed E-state index contributed by atoms with van der Waals surface area (Å²) in [5.41, 5.74) is 0. The van der Waals surface area contributed by atoms with Crippen molar-refractivity contribution in [3.05, 3.63) is 29.3 Å². The summed E-state index contributed by atoms with van der Waals surface area (Å²) in [6.07, 6.45) is 1.91. The van der Waals surface area contributed by atoms with Crippen LogP contribution in [0.2, 0.25) is 5.02 Å². The molecule has 0 aromatic heterocycles. The van der Waals surface area contributed by atoms with E-state index in [-0.39, 0.29) is 18.6 Å². The Bertz CT molecular complexity index is 445. The second-order valence-corrected chi connectivity index (χ2v) is 5.70. The maximum absolute atomic E-state index is 12.1. The van der Waals surface area contributed by atoms with Gasteiger partial charge < -0.3 is 14.4 Å². The standard InChI is InChI=1S/C15H19Cl2NO3/c16-7-10-20-14-5-8-18(9-6-14)15(19)11-21-13-3-1-12(17)2-4-13/h1-4,14H,5-11H2. The van der Waals surface area contributed by atoms with Crippen LogP contribution in [-0.4, -0.2) is 49.1 Å². The molecule has 0 spiro atoms. The van der Waals surface area contributed by atoms with Crippen LogP contribution < -0.4 is 4.74 Å². The summed E-state index contributed by atoms with van der Waals surface area (Å²) in [4.78, 5) is 13.9. The van der Waals surface area contributed by atoms with Crippen molar-refractivity contribution in [2.45, 2.75) is 18.9 Å². The fourth-order valence-electron chi connectivity index (χ4n) is 2.25. The van der Waals surface area contributed by atoms with E-state index in [1.165, 1.54) is 0 Å². The molecule has 0 bridgehead atoms. The van der Waals surface area contributed by atoms with Crippen LogP contribution >= 0.6 is 23.2 Å². The molecule has 1 aliphatic heterocycles. The van der Waals surface area contributed by atoms with Gasteiger partial charge in [0.05, 0.1) is 12.7 Å². The van der Waals surface area contributed by atoms with Gasteiger partial charge in [0.15, 0.2) is 6.61 Å². The SMILES string of the molecule is O=C(COc1ccc(Cl)cc1)N1CCC(OCCCl)CC1. The molecular formula is C15H19Cl2NO3. The second kappa shape index (κ2) is 8.47. The fraction of sp³-hybridized carbons (Fsp3) is 0.533. The maximum Gasteiger partial charge on any atom is 0.260 e. The molecule has 1 heterocycles. The van der Waals surface area contributed by atoms with E-state index in [9.17, 15) is 4.79 Å². The highest BCUT2D eigenvalue weighted by atomic mass is 35.5. The van der Waals surface area contributed by atoms with E-state index in [0.29, 0.717) is 36.3 Å². The molecule has 2 rings (SSSR count). The first-order chi connectivity index (χ1) is 10.2. The van der Waals surface area contributed by atoms with Crippen LogP contribution in [-0.2, 0) is 9.53 Å². The first-order valence-corrected chi connectivity index (χ1v) is 7.94. The Hall–Kier alpha value is -0.970. The second-order valence-electron chi connectivity index (χ2n) is 4.88. The lowest BCUT2D eigenvalue weighted by Crippen LogP contribution is -2.43. The molecule has 0 saturated carbocycles. The number of alkyl halides is 1. The summed E-state index contributed by atoms with van der Waals surface area (Å²) in [5, 5.41) is 0.646. The molecule has 1 aromatic rings. The van der Waals surface area contributed by atoms with Crippen molar-refractivity contribution < 1.29 is 14.3 Å². The number of piperidine rings is 1. The number of benzene rings is 1. The molecule has 1 aromatic carbocycles. The summed E-state index contributed by atoms with van der Waals surface area (Å²) in [6.45, 7) is 2.03. The average Bonchev–Trinajstić information content (AvgIpc) is 2.52. The molecule has 4 nitrogen and oxygen atoms in total. The number of nitrogens with zero attached hydrogens (tertiary/aromatic N) is 1. The van der Waals surface area contributed by atoms with Gasteiger partial charge in [-0.15, -0.1) is 11.6 Å². The van der Waals surface area contributed by atoms with Gasteiger partial charge in [0.25, 0.3) is 5.91 Å².